The number of nitrogens with one attached hydrogen (secondary N) is 3. The minimum atomic E-state index is -1.11. The normalized spacial score (nSPS) is 35.6. The molecule has 3 amide bonds. The fraction of sp³-hybridized carbons (Fsp3) is 0.850. The molecule has 0 aromatic heterocycles. The molecule has 0 atom stereocenters. The van der Waals surface area contributed by atoms with Crippen LogP contribution >= 0.6 is 0 Å². The van der Waals surface area contributed by atoms with E-state index in [0.29, 0.717) is 12.8 Å². The third kappa shape index (κ3) is 3.78. The maximum atomic E-state index is 12.4. The summed E-state index contributed by atoms with van der Waals surface area (Å²) >= 11 is 0. The summed E-state index contributed by atoms with van der Waals surface area (Å²) in [5.41, 5.74) is -1.16. The van der Waals surface area contributed by atoms with Gasteiger partial charge < -0.3 is 21.1 Å². The standard InChI is InChI=1S/C20H31N3O4/c24-16(22-20(17(25)26)4-1-2-5-20)3-6-21-18(27)23-19-10-13-7-14(11-19)9-15(8-13)12-19/h13-15H,1-12H2,(H,22,24)(H,25,26)(H2,21,23,27). The third-order valence-corrected chi connectivity index (χ3v) is 7.30. The monoisotopic (exact) mass is 377 g/mol. The largest absolute Gasteiger partial charge is 0.480 e. The summed E-state index contributed by atoms with van der Waals surface area (Å²) in [6, 6.07) is -0.196. The molecule has 5 rings (SSSR count). The van der Waals surface area contributed by atoms with Crippen molar-refractivity contribution in [1.29, 1.82) is 0 Å². The summed E-state index contributed by atoms with van der Waals surface area (Å²) in [6.07, 6.45) is 9.95. The lowest BCUT2D eigenvalue weighted by Gasteiger charge is -2.56. The van der Waals surface area contributed by atoms with Gasteiger partial charge in [0.15, 0.2) is 0 Å². The molecule has 5 fully saturated rings. The fourth-order valence-corrected chi connectivity index (χ4v) is 6.54. The summed E-state index contributed by atoms with van der Waals surface area (Å²) < 4.78 is 0. The molecule has 0 aromatic rings. The van der Waals surface area contributed by atoms with Crippen LogP contribution in [0.15, 0.2) is 0 Å². The molecular weight excluding hydrogens is 346 g/mol. The van der Waals surface area contributed by atoms with Gasteiger partial charge in [-0.3, -0.25) is 4.79 Å². The number of urea groups is 1. The average Bonchev–Trinajstić information content (AvgIpc) is 3.02. The third-order valence-electron chi connectivity index (χ3n) is 7.30. The predicted octanol–water partition coefficient (Wildman–Crippen LogP) is 2.16. The van der Waals surface area contributed by atoms with Crippen LogP contribution in [0.25, 0.3) is 0 Å². The minimum Gasteiger partial charge on any atom is -0.480 e. The van der Waals surface area contributed by atoms with E-state index in [1.165, 1.54) is 19.3 Å². The molecule has 27 heavy (non-hydrogen) atoms. The zero-order valence-electron chi connectivity index (χ0n) is 15.9. The van der Waals surface area contributed by atoms with Gasteiger partial charge in [-0.2, -0.15) is 0 Å². The highest BCUT2D eigenvalue weighted by Crippen LogP contribution is 2.55. The lowest BCUT2D eigenvalue weighted by Crippen LogP contribution is -2.61. The van der Waals surface area contributed by atoms with Gasteiger partial charge in [0.25, 0.3) is 0 Å². The van der Waals surface area contributed by atoms with Crippen molar-refractivity contribution in [3.05, 3.63) is 0 Å². The van der Waals surface area contributed by atoms with E-state index >= 15 is 0 Å². The molecular formula is C20H31N3O4. The van der Waals surface area contributed by atoms with Gasteiger partial charge in [0.05, 0.1) is 0 Å². The number of carbonyl (C=O) groups excluding carboxylic acids is 2. The Labute approximate surface area is 160 Å². The number of carbonyl (C=O) groups is 3. The zero-order valence-corrected chi connectivity index (χ0v) is 15.9. The summed E-state index contributed by atoms with van der Waals surface area (Å²) in [6.45, 7) is 0.222. The molecule has 5 aliphatic carbocycles. The van der Waals surface area contributed by atoms with Gasteiger partial charge in [-0.15, -0.1) is 0 Å². The Hall–Kier alpha value is -1.79. The van der Waals surface area contributed by atoms with Gasteiger partial charge in [-0.25, -0.2) is 9.59 Å². The first-order chi connectivity index (χ1) is 12.9. The SMILES string of the molecule is O=C(CCNC(=O)NC12CC3CC(CC(C3)C1)C2)NC1(C(=O)O)CCCC1. The zero-order chi connectivity index (χ0) is 19.1. The highest BCUT2D eigenvalue weighted by molar-refractivity contribution is 5.87. The van der Waals surface area contributed by atoms with Crippen molar-refractivity contribution in [3.8, 4) is 0 Å². The summed E-state index contributed by atoms with van der Waals surface area (Å²) in [5.74, 6) is 1.03. The van der Waals surface area contributed by atoms with Gasteiger partial charge in [0.1, 0.15) is 5.54 Å². The Balaban J connectivity index is 1.22. The van der Waals surface area contributed by atoms with Crippen LogP contribution in [-0.2, 0) is 9.59 Å². The second-order valence-electron chi connectivity index (χ2n) is 9.47. The maximum Gasteiger partial charge on any atom is 0.329 e. The Morgan fingerprint density at radius 3 is 1.96 bits per heavy atom. The Bertz CT molecular complexity index is 591. The number of amides is 3. The van der Waals surface area contributed by atoms with Crippen LogP contribution in [0.1, 0.15) is 70.6 Å². The highest BCUT2D eigenvalue weighted by atomic mass is 16.4. The molecule has 0 aliphatic heterocycles. The Kier molecular flexibility index (Phi) is 4.80. The van der Waals surface area contributed by atoms with E-state index in [1.54, 1.807) is 0 Å². The molecule has 7 nitrogen and oxygen atoms in total. The van der Waals surface area contributed by atoms with E-state index in [9.17, 15) is 19.5 Å². The van der Waals surface area contributed by atoms with Crippen LogP contribution in [0.4, 0.5) is 4.79 Å². The van der Waals surface area contributed by atoms with Crippen molar-refractivity contribution in [3.63, 3.8) is 0 Å². The van der Waals surface area contributed by atoms with Crippen molar-refractivity contribution >= 4 is 17.9 Å². The van der Waals surface area contributed by atoms with E-state index in [2.05, 4.69) is 16.0 Å². The average molecular weight is 377 g/mol. The van der Waals surface area contributed by atoms with E-state index < -0.39 is 11.5 Å². The minimum absolute atomic E-state index is 0.0433. The smallest absolute Gasteiger partial charge is 0.329 e. The van der Waals surface area contributed by atoms with Crippen molar-refractivity contribution in [2.75, 3.05) is 6.54 Å². The molecule has 7 heteroatoms. The lowest BCUT2D eigenvalue weighted by atomic mass is 9.53. The number of rotatable bonds is 6. The van der Waals surface area contributed by atoms with E-state index in [4.69, 9.17) is 0 Å². The van der Waals surface area contributed by atoms with E-state index in [-0.39, 0.29) is 30.4 Å². The molecule has 0 aromatic carbocycles. The van der Waals surface area contributed by atoms with Crippen LogP contribution in [0.3, 0.4) is 0 Å². The molecule has 0 unspecified atom stereocenters. The van der Waals surface area contributed by atoms with Crippen LogP contribution < -0.4 is 16.0 Å². The van der Waals surface area contributed by atoms with Crippen molar-refractivity contribution in [2.24, 2.45) is 17.8 Å². The van der Waals surface area contributed by atoms with Gasteiger partial charge >= 0.3 is 12.0 Å². The van der Waals surface area contributed by atoms with Crippen LogP contribution in [0.2, 0.25) is 0 Å². The first-order valence-corrected chi connectivity index (χ1v) is 10.5. The summed E-state index contributed by atoms with van der Waals surface area (Å²) in [4.78, 5) is 36.0. The van der Waals surface area contributed by atoms with E-state index in [0.717, 1.165) is 49.9 Å². The molecule has 5 aliphatic rings. The van der Waals surface area contributed by atoms with E-state index in [1.807, 2.05) is 0 Å². The first-order valence-electron chi connectivity index (χ1n) is 10.5. The van der Waals surface area contributed by atoms with Crippen molar-refractivity contribution < 1.29 is 19.5 Å². The van der Waals surface area contributed by atoms with Gasteiger partial charge in [-0.05, 0) is 69.1 Å². The van der Waals surface area contributed by atoms with Gasteiger partial charge in [-0.1, -0.05) is 12.8 Å². The van der Waals surface area contributed by atoms with Crippen molar-refractivity contribution in [1.82, 2.24) is 16.0 Å². The first kappa shape index (κ1) is 18.6. The quantitative estimate of drug-likeness (QED) is 0.569. The number of carboxylic acids is 1. The molecule has 0 spiro atoms. The highest BCUT2D eigenvalue weighted by Gasteiger charge is 2.51. The number of aliphatic carboxylic acids is 1. The van der Waals surface area contributed by atoms with Crippen LogP contribution in [0.5, 0.6) is 0 Å². The number of carboxylic acid groups (broad SMARTS) is 1. The maximum absolute atomic E-state index is 12.4. The summed E-state index contributed by atoms with van der Waals surface area (Å²) in [7, 11) is 0. The topological polar surface area (TPSA) is 108 Å². The lowest BCUT2D eigenvalue weighted by molar-refractivity contribution is -0.147. The summed E-state index contributed by atoms with van der Waals surface area (Å²) in [5, 5.41) is 18.1. The van der Waals surface area contributed by atoms with Crippen LogP contribution in [0, 0.1) is 17.8 Å². The molecule has 150 valence electrons. The van der Waals surface area contributed by atoms with Gasteiger partial charge in [0, 0.05) is 18.5 Å². The van der Waals surface area contributed by atoms with Crippen LogP contribution in [-0.4, -0.2) is 40.6 Å². The predicted molar refractivity (Wildman–Crippen MR) is 99.0 cm³/mol. The molecule has 0 radical (unpaired) electrons. The Morgan fingerprint density at radius 2 is 1.44 bits per heavy atom. The Morgan fingerprint density at radius 1 is 0.889 bits per heavy atom. The molecule has 0 saturated heterocycles. The molecule has 5 saturated carbocycles. The fourth-order valence-electron chi connectivity index (χ4n) is 6.54. The number of hydrogen-bond donors (Lipinski definition) is 4. The second kappa shape index (κ2) is 6.99. The molecule has 0 heterocycles. The molecule has 4 N–H and O–H groups in total. The van der Waals surface area contributed by atoms with Gasteiger partial charge in [0.2, 0.25) is 5.91 Å². The molecule has 4 bridgehead atoms. The second-order valence-corrected chi connectivity index (χ2v) is 9.47. The number of hydrogen-bond acceptors (Lipinski definition) is 3. The van der Waals surface area contributed by atoms with Crippen molar-refractivity contribution in [2.45, 2.75) is 81.7 Å².